The zero-order valence-electron chi connectivity index (χ0n) is 17.0. The van der Waals surface area contributed by atoms with Crippen molar-refractivity contribution in [1.29, 1.82) is 0 Å². The standard InChI is InChI=1S/C23H17ClFN3O4/c1-28-10-16(13-5-6-26-19(13)23(28)30)15-8-12(31-2)9-18-20(15)32-21(22(29)27-18)14-4-3-11(25)7-17(14)24/h3-10,21,26H,1-2H3,(H,27,29). The van der Waals surface area contributed by atoms with E-state index in [9.17, 15) is 14.0 Å². The van der Waals surface area contributed by atoms with Crippen molar-refractivity contribution in [2.24, 2.45) is 7.05 Å². The van der Waals surface area contributed by atoms with E-state index < -0.39 is 17.8 Å². The maximum Gasteiger partial charge on any atom is 0.274 e. The Morgan fingerprint density at radius 3 is 2.72 bits per heavy atom. The van der Waals surface area contributed by atoms with Crippen molar-refractivity contribution in [3.05, 3.63) is 75.5 Å². The molecule has 0 saturated carbocycles. The number of nitrogens with zero attached hydrogens (tertiary/aromatic N) is 1. The van der Waals surface area contributed by atoms with Crippen LogP contribution in [0.4, 0.5) is 10.1 Å². The van der Waals surface area contributed by atoms with Crippen molar-refractivity contribution in [3.8, 4) is 22.6 Å². The number of nitrogens with one attached hydrogen (secondary N) is 2. The number of hydrogen-bond acceptors (Lipinski definition) is 4. The molecule has 0 bridgehead atoms. The summed E-state index contributed by atoms with van der Waals surface area (Å²) in [6.07, 6.45) is 2.30. The van der Waals surface area contributed by atoms with Gasteiger partial charge in [-0.15, -0.1) is 0 Å². The van der Waals surface area contributed by atoms with Gasteiger partial charge in [0, 0.05) is 47.6 Å². The zero-order chi connectivity index (χ0) is 22.6. The minimum Gasteiger partial charge on any atom is -0.497 e. The summed E-state index contributed by atoms with van der Waals surface area (Å²) in [4.78, 5) is 28.3. The third-order valence-electron chi connectivity index (χ3n) is 5.46. The summed E-state index contributed by atoms with van der Waals surface area (Å²) in [7, 11) is 3.17. The second kappa shape index (κ2) is 7.42. The first-order valence-corrected chi connectivity index (χ1v) is 10.1. The normalized spacial score (nSPS) is 15.2. The SMILES string of the molecule is COc1cc2c(c(-c3cn(C)c(=O)c4[nH]ccc34)c1)OC(c1ccc(F)cc1Cl)C(=O)N2. The van der Waals surface area contributed by atoms with Gasteiger partial charge >= 0.3 is 0 Å². The Hall–Kier alpha value is -3.78. The summed E-state index contributed by atoms with van der Waals surface area (Å²) in [5.74, 6) is -0.0753. The number of aromatic amines is 1. The summed E-state index contributed by atoms with van der Waals surface area (Å²) in [6, 6.07) is 8.99. The monoisotopic (exact) mass is 453 g/mol. The summed E-state index contributed by atoms with van der Waals surface area (Å²) < 4.78 is 26.6. The smallest absolute Gasteiger partial charge is 0.274 e. The van der Waals surface area contributed by atoms with Crippen molar-refractivity contribution >= 4 is 34.1 Å². The number of amides is 1. The molecule has 162 valence electrons. The first kappa shape index (κ1) is 20.1. The summed E-state index contributed by atoms with van der Waals surface area (Å²) in [6.45, 7) is 0. The van der Waals surface area contributed by atoms with Crippen LogP contribution in [0.25, 0.3) is 22.0 Å². The lowest BCUT2D eigenvalue weighted by Crippen LogP contribution is -2.30. The van der Waals surface area contributed by atoms with Crippen molar-refractivity contribution in [2.45, 2.75) is 6.10 Å². The lowest BCUT2D eigenvalue weighted by atomic mass is 9.99. The molecule has 2 aromatic heterocycles. The molecule has 7 nitrogen and oxygen atoms in total. The highest BCUT2D eigenvalue weighted by Gasteiger charge is 2.33. The van der Waals surface area contributed by atoms with Gasteiger partial charge in [-0.2, -0.15) is 0 Å². The molecule has 1 aliphatic rings. The first-order valence-electron chi connectivity index (χ1n) is 9.69. The number of pyridine rings is 1. The number of rotatable bonds is 3. The van der Waals surface area contributed by atoms with E-state index in [1.54, 1.807) is 37.6 Å². The van der Waals surface area contributed by atoms with E-state index in [1.807, 2.05) is 0 Å². The molecule has 5 rings (SSSR count). The number of benzene rings is 2. The molecule has 3 heterocycles. The van der Waals surface area contributed by atoms with Crippen molar-refractivity contribution in [3.63, 3.8) is 0 Å². The van der Waals surface area contributed by atoms with E-state index in [0.29, 0.717) is 44.8 Å². The van der Waals surface area contributed by atoms with E-state index >= 15 is 0 Å². The first-order chi connectivity index (χ1) is 15.4. The van der Waals surface area contributed by atoms with E-state index in [1.165, 1.54) is 23.8 Å². The van der Waals surface area contributed by atoms with Gasteiger partial charge in [0.1, 0.15) is 17.1 Å². The molecule has 0 aliphatic carbocycles. The molecule has 9 heteroatoms. The van der Waals surface area contributed by atoms with Crippen molar-refractivity contribution < 1.29 is 18.7 Å². The van der Waals surface area contributed by atoms with Crippen LogP contribution in [0.15, 0.2) is 53.6 Å². The minimum atomic E-state index is -1.09. The van der Waals surface area contributed by atoms with Crippen LogP contribution >= 0.6 is 11.6 Å². The zero-order valence-corrected chi connectivity index (χ0v) is 17.8. The number of ether oxygens (including phenoxy) is 2. The molecule has 2 N–H and O–H groups in total. The highest BCUT2D eigenvalue weighted by Crippen LogP contribution is 2.47. The second-order valence-electron chi connectivity index (χ2n) is 7.43. The highest BCUT2D eigenvalue weighted by atomic mass is 35.5. The molecule has 0 saturated heterocycles. The fourth-order valence-corrected chi connectivity index (χ4v) is 4.18. The third-order valence-corrected chi connectivity index (χ3v) is 5.79. The molecule has 1 aliphatic heterocycles. The van der Waals surface area contributed by atoms with Crippen LogP contribution in [0.3, 0.4) is 0 Å². The van der Waals surface area contributed by atoms with Gasteiger partial charge in [-0.1, -0.05) is 17.7 Å². The van der Waals surface area contributed by atoms with Gasteiger partial charge in [-0.3, -0.25) is 9.59 Å². The molecule has 0 fully saturated rings. The Balaban J connectivity index is 1.73. The molecular formula is C23H17ClFN3O4. The maximum absolute atomic E-state index is 13.5. The minimum absolute atomic E-state index is 0.0822. The number of halogens is 2. The number of methoxy groups -OCH3 is 1. The number of carbonyl (C=O) groups is 1. The molecule has 1 atom stereocenters. The highest BCUT2D eigenvalue weighted by molar-refractivity contribution is 6.31. The van der Waals surface area contributed by atoms with Gasteiger partial charge in [0.2, 0.25) is 6.10 Å². The van der Waals surface area contributed by atoms with E-state index in [4.69, 9.17) is 21.1 Å². The molecule has 1 unspecified atom stereocenters. The van der Waals surface area contributed by atoms with E-state index in [0.717, 1.165) is 6.07 Å². The lowest BCUT2D eigenvalue weighted by Gasteiger charge is -2.29. The Morgan fingerprint density at radius 1 is 1.16 bits per heavy atom. The van der Waals surface area contributed by atoms with E-state index in [-0.39, 0.29) is 10.6 Å². The number of fused-ring (bicyclic) bond motifs is 2. The average molecular weight is 454 g/mol. The Labute approximate surface area is 186 Å². The van der Waals surface area contributed by atoms with Crippen LogP contribution in [0, 0.1) is 5.82 Å². The van der Waals surface area contributed by atoms with Crippen molar-refractivity contribution in [2.75, 3.05) is 12.4 Å². The molecule has 2 aromatic carbocycles. The van der Waals surface area contributed by atoms with Gasteiger partial charge in [0.25, 0.3) is 11.5 Å². The average Bonchev–Trinajstić information content (AvgIpc) is 3.26. The van der Waals surface area contributed by atoms with Gasteiger partial charge in [0.15, 0.2) is 5.75 Å². The van der Waals surface area contributed by atoms with Gasteiger partial charge < -0.3 is 24.3 Å². The summed E-state index contributed by atoms with van der Waals surface area (Å²) in [5.41, 5.74) is 2.35. The van der Waals surface area contributed by atoms with Crippen LogP contribution in [0.5, 0.6) is 11.5 Å². The van der Waals surface area contributed by atoms with Gasteiger partial charge in [-0.05, 0) is 24.3 Å². The Kier molecular flexibility index (Phi) is 4.67. The number of aromatic nitrogens is 2. The maximum atomic E-state index is 13.5. The largest absolute Gasteiger partial charge is 0.497 e. The predicted octanol–water partition coefficient (Wildman–Crippen LogP) is 4.41. The molecule has 32 heavy (non-hydrogen) atoms. The molecule has 1 amide bonds. The summed E-state index contributed by atoms with van der Waals surface area (Å²) in [5, 5.41) is 3.61. The fourth-order valence-electron chi connectivity index (χ4n) is 3.91. The van der Waals surface area contributed by atoms with Crippen LogP contribution in [-0.4, -0.2) is 22.6 Å². The number of H-pyrrole nitrogens is 1. The number of aryl methyl sites for hydroxylation is 1. The number of carbonyl (C=O) groups excluding carboxylic acids is 1. The molecule has 0 radical (unpaired) electrons. The van der Waals surface area contributed by atoms with Crippen LogP contribution in [0.2, 0.25) is 5.02 Å². The van der Waals surface area contributed by atoms with Crippen LogP contribution in [-0.2, 0) is 11.8 Å². The van der Waals surface area contributed by atoms with Gasteiger partial charge in [0.05, 0.1) is 17.8 Å². The Morgan fingerprint density at radius 2 is 1.97 bits per heavy atom. The molecule has 0 spiro atoms. The lowest BCUT2D eigenvalue weighted by molar-refractivity contribution is -0.123. The quantitative estimate of drug-likeness (QED) is 0.481. The van der Waals surface area contributed by atoms with Gasteiger partial charge in [-0.25, -0.2) is 4.39 Å². The third kappa shape index (κ3) is 3.11. The Bertz CT molecular complexity index is 1460. The van der Waals surface area contributed by atoms with Crippen LogP contribution in [0.1, 0.15) is 11.7 Å². The topological polar surface area (TPSA) is 85.3 Å². The number of hydrogen-bond donors (Lipinski definition) is 2. The fraction of sp³-hybridized carbons (Fsp3) is 0.130. The van der Waals surface area contributed by atoms with Crippen molar-refractivity contribution in [1.82, 2.24) is 9.55 Å². The molecule has 4 aromatic rings. The number of anilines is 1. The molecular weight excluding hydrogens is 437 g/mol. The van der Waals surface area contributed by atoms with E-state index in [2.05, 4.69) is 10.3 Å². The predicted molar refractivity (Wildman–Crippen MR) is 119 cm³/mol. The summed E-state index contributed by atoms with van der Waals surface area (Å²) >= 11 is 6.20. The van der Waals surface area contributed by atoms with Crippen LogP contribution < -0.4 is 20.3 Å². The second-order valence-corrected chi connectivity index (χ2v) is 7.84.